The standard InChI is InChI=1S/C42H40Cl2F3N11O5/c43-28-9-3-6-24(37(28)46)17-49-33(59)19-55(14-5-13-45)35(61)22-58-31-11-2-1-8-26(31)39(54-58)42(63)53-30-16-32(30)57(20-34(60)50-18-25-7-4-10-29(44)38(25)47)36(62)21-56-15-12-27-40(48)51-23-52-41(27)56/h1-4,6-12,15,23,30,32H,5,13-14,16-22H2,(H,49,59)(H,50,60)(H,53,63)(H2,48,51,52). The lowest BCUT2D eigenvalue weighted by atomic mass is 10.2. The van der Waals surface area contributed by atoms with Crippen LogP contribution in [0.15, 0.2) is 79.3 Å². The molecule has 0 radical (unpaired) electrons. The fourth-order valence-electron chi connectivity index (χ4n) is 7.08. The van der Waals surface area contributed by atoms with Gasteiger partial charge in [-0.05, 0) is 37.1 Å². The van der Waals surface area contributed by atoms with Crippen molar-refractivity contribution in [1.29, 1.82) is 0 Å². The average Bonchev–Trinajstić information content (AvgIpc) is 3.74. The summed E-state index contributed by atoms with van der Waals surface area (Å²) in [6.07, 6.45) is 3.11. The largest absolute Gasteiger partial charge is 0.383 e. The Morgan fingerprint density at radius 3 is 2.16 bits per heavy atom. The molecule has 5 N–H and O–H groups in total. The van der Waals surface area contributed by atoms with Gasteiger partial charge in [0.2, 0.25) is 23.6 Å². The zero-order chi connectivity index (χ0) is 44.8. The minimum absolute atomic E-state index is 0.0316. The normalized spacial score (nSPS) is 14.4. The van der Waals surface area contributed by atoms with Gasteiger partial charge in [0.05, 0.1) is 52.8 Å². The van der Waals surface area contributed by atoms with Crippen molar-refractivity contribution in [2.45, 2.75) is 51.1 Å². The lowest BCUT2D eigenvalue weighted by molar-refractivity contribution is -0.137. The summed E-state index contributed by atoms with van der Waals surface area (Å²) in [4.78, 5) is 78.4. The van der Waals surface area contributed by atoms with E-state index in [1.54, 1.807) is 47.2 Å². The summed E-state index contributed by atoms with van der Waals surface area (Å²) in [5.74, 6) is -4.05. The number of nitrogens with one attached hydrogen (secondary N) is 3. The maximum absolute atomic E-state index is 14.6. The number of nitrogens with two attached hydrogens (primary N) is 1. The van der Waals surface area contributed by atoms with Crippen LogP contribution in [-0.4, -0.2) is 102 Å². The van der Waals surface area contributed by atoms with Crippen molar-refractivity contribution in [2.24, 2.45) is 0 Å². The zero-order valence-electron chi connectivity index (χ0n) is 33.4. The molecule has 0 bridgehead atoms. The van der Waals surface area contributed by atoms with Crippen LogP contribution in [-0.2, 0) is 45.4 Å². The molecule has 3 aromatic heterocycles. The first-order valence-electron chi connectivity index (χ1n) is 19.7. The summed E-state index contributed by atoms with van der Waals surface area (Å²) in [5.41, 5.74) is 7.07. The first-order valence-corrected chi connectivity index (χ1v) is 20.4. The predicted molar refractivity (Wildman–Crippen MR) is 227 cm³/mol. The number of hydrogen-bond acceptors (Lipinski definition) is 9. The lowest BCUT2D eigenvalue weighted by Crippen LogP contribution is -2.45. The van der Waals surface area contributed by atoms with Gasteiger partial charge in [0.1, 0.15) is 42.5 Å². The molecule has 3 heterocycles. The van der Waals surface area contributed by atoms with E-state index in [4.69, 9.17) is 28.9 Å². The molecule has 7 rings (SSSR count). The van der Waals surface area contributed by atoms with Gasteiger partial charge in [0, 0.05) is 42.3 Å². The summed E-state index contributed by atoms with van der Waals surface area (Å²) < 4.78 is 45.1. The van der Waals surface area contributed by atoms with Crippen LogP contribution in [0.4, 0.5) is 19.0 Å². The molecule has 2 atom stereocenters. The number of nitrogen functional groups attached to an aromatic ring is 1. The van der Waals surface area contributed by atoms with Gasteiger partial charge in [0.25, 0.3) is 5.91 Å². The van der Waals surface area contributed by atoms with Crippen LogP contribution in [0.25, 0.3) is 21.9 Å². The molecular weight excluding hydrogens is 866 g/mol. The van der Waals surface area contributed by atoms with Gasteiger partial charge in [0.15, 0.2) is 5.69 Å². The number of alkyl halides is 1. The fourth-order valence-corrected chi connectivity index (χ4v) is 7.47. The Morgan fingerprint density at radius 2 is 1.48 bits per heavy atom. The number of carbonyl (C=O) groups excluding carboxylic acids is 5. The highest BCUT2D eigenvalue weighted by molar-refractivity contribution is 6.31. The number of para-hydroxylation sites is 1. The van der Waals surface area contributed by atoms with E-state index >= 15 is 0 Å². The Bertz CT molecular complexity index is 2710. The van der Waals surface area contributed by atoms with E-state index in [0.29, 0.717) is 21.9 Å². The van der Waals surface area contributed by atoms with Gasteiger partial charge < -0.3 is 36.1 Å². The van der Waals surface area contributed by atoms with Crippen molar-refractivity contribution in [3.63, 3.8) is 0 Å². The molecule has 1 aliphatic rings. The Kier molecular flexibility index (Phi) is 13.8. The zero-order valence-corrected chi connectivity index (χ0v) is 34.9. The van der Waals surface area contributed by atoms with Crippen molar-refractivity contribution in [1.82, 2.24) is 50.1 Å². The highest BCUT2D eigenvalue weighted by Gasteiger charge is 2.46. The third kappa shape index (κ3) is 10.3. The molecule has 0 saturated heterocycles. The molecule has 328 valence electrons. The van der Waals surface area contributed by atoms with Gasteiger partial charge in [-0.15, -0.1) is 0 Å². The smallest absolute Gasteiger partial charge is 0.272 e. The summed E-state index contributed by atoms with van der Waals surface area (Å²) in [5, 5.41) is 13.3. The number of amides is 5. The number of benzene rings is 3. The van der Waals surface area contributed by atoms with Crippen LogP contribution in [0.5, 0.6) is 0 Å². The second-order valence-corrected chi connectivity index (χ2v) is 15.5. The molecule has 0 spiro atoms. The third-order valence-electron chi connectivity index (χ3n) is 10.4. The van der Waals surface area contributed by atoms with E-state index < -0.39 is 79.6 Å². The molecule has 3 aromatic carbocycles. The van der Waals surface area contributed by atoms with Crippen LogP contribution in [0, 0.1) is 11.6 Å². The molecule has 6 aromatic rings. The lowest BCUT2D eigenvalue weighted by Gasteiger charge is -2.23. The summed E-state index contributed by atoms with van der Waals surface area (Å²) >= 11 is 11.8. The molecule has 21 heteroatoms. The van der Waals surface area contributed by atoms with Crippen molar-refractivity contribution in [2.75, 3.05) is 32.0 Å². The van der Waals surface area contributed by atoms with Gasteiger partial charge in [-0.1, -0.05) is 65.7 Å². The van der Waals surface area contributed by atoms with E-state index in [2.05, 4.69) is 31.0 Å². The van der Waals surface area contributed by atoms with E-state index in [1.807, 2.05) is 0 Å². The second-order valence-electron chi connectivity index (χ2n) is 14.7. The maximum Gasteiger partial charge on any atom is 0.272 e. The first kappa shape index (κ1) is 44.3. The minimum atomic E-state index is -0.750. The molecule has 5 amide bonds. The Hall–Kier alpha value is -6.73. The number of rotatable bonds is 18. The Morgan fingerprint density at radius 1 is 0.810 bits per heavy atom. The quantitative estimate of drug-likeness (QED) is 0.0977. The monoisotopic (exact) mass is 905 g/mol. The van der Waals surface area contributed by atoms with Crippen LogP contribution in [0.1, 0.15) is 34.5 Å². The molecule has 16 nitrogen and oxygen atoms in total. The number of hydrogen-bond donors (Lipinski definition) is 4. The van der Waals surface area contributed by atoms with Gasteiger partial charge in [-0.2, -0.15) is 5.10 Å². The van der Waals surface area contributed by atoms with Crippen molar-refractivity contribution >= 4 is 80.5 Å². The third-order valence-corrected chi connectivity index (χ3v) is 11.0. The van der Waals surface area contributed by atoms with Crippen LogP contribution >= 0.6 is 23.2 Å². The SMILES string of the molecule is Nc1ncnc2c1ccn2CC(=O)N(CC(=O)NCc1cccc(Cl)c1F)C1CC1NC(=O)c1nn(CC(=O)N(CCCF)CC(=O)NCc2cccc(Cl)c2F)c2ccccc12. The molecule has 1 saturated carbocycles. The van der Waals surface area contributed by atoms with Crippen molar-refractivity contribution in [3.8, 4) is 0 Å². The average molecular weight is 907 g/mol. The van der Waals surface area contributed by atoms with Gasteiger partial charge in [-0.3, -0.25) is 33.0 Å². The molecule has 1 aliphatic carbocycles. The van der Waals surface area contributed by atoms with Crippen LogP contribution in [0.3, 0.4) is 0 Å². The van der Waals surface area contributed by atoms with E-state index in [9.17, 15) is 37.1 Å². The van der Waals surface area contributed by atoms with Crippen LogP contribution in [0.2, 0.25) is 10.0 Å². The summed E-state index contributed by atoms with van der Waals surface area (Å²) in [6.45, 7) is -2.77. The number of aromatic nitrogens is 5. The maximum atomic E-state index is 14.6. The second kappa shape index (κ2) is 19.5. The van der Waals surface area contributed by atoms with Gasteiger partial charge >= 0.3 is 0 Å². The topological polar surface area (TPSA) is 202 Å². The molecule has 2 unspecified atom stereocenters. The van der Waals surface area contributed by atoms with Crippen molar-refractivity contribution in [3.05, 3.63) is 118 Å². The number of nitrogens with zero attached hydrogens (tertiary/aromatic N) is 7. The number of fused-ring (bicyclic) bond motifs is 2. The highest BCUT2D eigenvalue weighted by Crippen LogP contribution is 2.30. The molecule has 63 heavy (non-hydrogen) atoms. The predicted octanol–water partition coefficient (Wildman–Crippen LogP) is 4.17. The van der Waals surface area contributed by atoms with Gasteiger partial charge in [-0.25, -0.2) is 18.7 Å². The van der Waals surface area contributed by atoms with Crippen molar-refractivity contribution < 1.29 is 37.1 Å². The minimum Gasteiger partial charge on any atom is -0.383 e. The molecule has 1 fully saturated rings. The number of anilines is 1. The highest BCUT2D eigenvalue weighted by atomic mass is 35.5. The Balaban J connectivity index is 1.04. The summed E-state index contributed by atoms with van der Waals surface area (Å²) in [6, 6.07) is 15.9. The van der Waals surface area contributed by atoms with E-state index in [-0.39, 0.29) is 71.7 Å². The van der Waals surface area contributed by atoms with E-state index in [0.717, 1.165) is 4.90 Å². The fraction of sp³-hybridized carbons (Fsp3) is 0.286. The Labute approximate surface area is 367 Å². The first-order chi connectivity index (χ1) is 30.3. The number of carbonyl (C=O) groups is 5. The summed E-state index contributed by atoms with van der Waals surface area (Å²) in [7, 11) is 0. The molecular formula is C42H40Cl2F3N11O5. The van der Waals surface area contributed by atoms with E-state index in [1.165, 1.54) is 46.2 Å². The molecule has 0 aliphatic heterocycles. The number of halogens is 5. The van der Waals surface area contributed by atoms with Crippen LogP contribution < -0.4 is 21.7 Å².